The van der Waals surface area contributed by atoms with Gasteiger partial charge < -0.3 is 15.5 Å². The standard InChI is InChI=1S/C19H36N4O3S.HI/c1-19(2,10-12-27(4,25)26)14-21-18(20-3)22-16-9-11-23(13-16)17(24)15-7-5-6-8-15;/h15-16H,5-14H2,1-4H3,(H2,20,21,22);1H. The number of nitrogens with zero attached hydrogens (tertiary/aromatic N) is 2. The fraction of sp³-hybridized carbons (Fsp3) is 0.895. The SMILES string of the molecule is CN=C(NCC(C)(C)CCS(C)(=O)=O)NC1CCN(C(=O)C2CCCC2)C1.I. The van der Waals surface area contributed by atoms with Gasteiger partial charge in [0.25, 0.3) is 0 Å². The number of carbonyl (C=O) groups is 1. The second-order valence-corrected chi connectivity index (χ2v) is 11.1. The van der Waals surface area contributed by atoms with E-state index in [1.165, 1.54) is 19.1 Å². The van der Waals surface area contributed by atoms with Crippen LogP contribution in [0.3, 0.4) is 0 Å². The number of rotatable bonds is 7. The lowest BCUT2D eigenvalue weighted by molar-refractivity contribution is -0.134. The predicted molar refractivity (Wildman–Crippen MR) is 125 cm³/mol. The molecule has 1 amide bonds. The van der Waals surface area contributed by atoms with E-state index in [0.29, 0.717) is 24.8 Å². The lowest BCUT2D eigenvalue weighted by Gasteiger charge is -2.27. The minimum Gasteiger partial charge on any atom is -0.356 e. The summed E-state index contributed by atoms with van der Waals surface area (Å²) < 4.78 is 22.8. The Morgan fingerprint density at radius 2 is 1.86 bits per heavy atom. The minimum absolute atomic E-state index is 0. The van der Waals surface area contributed by atoms with Gasteiger partial charge in [0.1, 0.15) is 9.84 Å². The summed E-state index contributed by atoms with van der Waals surface area (Å²) in [4.78, 5) is 18.8. The third-order valence-electron chi connectivity index (χ3n) is 5.65. The molecular formula is C19H37IN4O3S. The first-order valence-corrected chi connectivity index (χ1v) is 12.1. The zero-order valence-corrected chi connectivity index (χ0v) is 20.8. The van der Waals surface area contributed by atoms with E-state index in [9.17, 15) is 13.2 Å². The molecule has 1 aliphatic carbocycles. The molecular weight excluding hydrogens is 491 g/mol. The smallest absolute Gasteiger partial charge is 0.225 e. The van der Waals surface area contributed by atoms with Crippen molar-refractivity contribution in [3.63, 3.8) is 0 Å². The van der Waals surface area contributed by atoms with Crippen LogP contribution in [0.5, 0.6) is 0 Å². The Bertz CT molecular complexity index is 646. The molecule has 1 aliphatic heterocycles. The van der Waals surface area contributed by atoms with Gasteiger partial charge in [0.15, 0.2) is 5.96 Å². The van der Waals surface area contributed by atoms with Gasteiger partial charge in [-0.1, -0.05) is 26.7 Å². The maximum atomic E-state index is 12.6. The van der Waals surface area contributed by atoms with Gasteiger partial charge in [-0.2, -0.15) is 0 Å². The summed E-state index contributed by atoms with van der Waals surface area (Å²) in [7, 11) is -1.22. The highest BCUT2D eigenvalue weighted by Crippen LogP contribution is 2.27. The van der Waals surface area contributed by atoms with Crippen molar-refractivity contribution in [2.24, 2.45) is 16.3 Å². The molecule has 2 N–H and O–H groups in total. The van der Waals surface area contributed by atoms with E-state index in [4.69, 9.17) is 0 Å². The van der Waals surface area contributed by atoms with Gasteiger partial charge in [-0.15, -0.1) is 24.0 Å². The number of halogens is 1. The molecule has 0 aromatic carbocycles. The molecule has 9 heteroatoms. The minimum atomic E-state index is -2.95. The highest BCUT2D eigenvalue weighted by atomic mass is 127. The van der Waals surface area contributed by atoms with E-state index >= 15 is 0 Å². The van der Waals surface area contributed by atoms with Crippen molar-refractivity contribution in [2.45, 2.75) is 58.4 Å². The van der Waals surface area contributed by atoms with Crippen molar-refractivity contribution in [1.29, 1.82) is 0 Å². The molecule has 0 bridgehead atoms. The number of hydrogen-bond acceptors (Lipinski definition) is 4. The Morgan fingerprint density at radius 3 is 2.43 bits per heavy atom. The summed E-state index contributed by atoms with van der Waals surface area (Å²) in [6.07, 6.45) is 7.24. The van der Waals surface area contributed by atoms with Crippen LogP contribution in [0, 0.1) is 11.3 Å². The van der Waals surface area contributed by atoms with E-state index in [-0.39, 0.29) is 47.1 Å². The molecule has 1 heterocycles. The number of carbonyl (C=O) groups excluding carboxylic acids is 1. The predicted octanol–water partition coefficient (Wildman–Crippen LogP) is 2.02. The van der Waals surface area contributed by atoms with Gasteiger partial charge in [0.2, 0.25) is 5.91 Å². The summed E-state index contributed by atoms with van der Waals surface area (Å²) >= 11 is 0. The van der Waals surface area contributed by atoms with Crippen LogP contribution >= 0.6 is 24.0 Å². The van der Waals surface area contributed by atoms with E-state index in [1.807, 2.05) is 4.90 Å². The molecule has 2 aliphatic rings. The first-order valence-electron chi connectivity index (χ1n) is 10.0. The molecule has 1 unspecified atom stereocenters. The lowest BCUT2D eigenvalue weighted by Crippen LogP contribution is -2.47. The molecule has 7 nitrogen and oxygen atoms in total. The second kappa shape index (κ2) is 11.0. The molecule has 28 heavy (non-hydrogen) atoms. The Balaban J connectivity index is 0.00000392. The largest absolute Gasteiger partial charge is 0.356 e. The average Bonchev–Trinajstić information content (AvgIpc) is 3.27. The Labute approximate surface area is 187 Å². The molecule has 1 saturated carbocycles. The Kier molecular flexibility index (Phi) is 9.99. The third kappa shape index (κ3) is 8.42. The monoisotopic (exact) mass is 528 g/mol. The molecule has 1 atom stereocenters. The van der Waals surface area contributed by atoms with E-state index in [0.717, 1.165) is 32.4 Å². The van der Waals surface area contributed by atoms with Crippen LogP contribution in [-0.4, -0.2) is 69.9 Å². The summed E-state index contributed by atoms with van der Waals surface area (Å²) in [5.74, 6) is 1.45. The number of likely N-dealkylation sites (tertiary alicyclic amines) is 1. The third-order valence-corrected chi connectivity index (χ3v) is 6.60. The van der Waals surface area contributed by atoms with Crippen molar-refractivity contribution in [3.05, 3.63) is 0 Å². The Morgan fingerprint density at radius 1 is 1.21 bits per heavy atom. The normalized spacial score (nSPS) is 21.5. The highest BCUT2D eigenvalue weighted by Gasteiger charge is 2.32. The number of sulfone groups is 1. The zero-order chi connectivity index (χ0) is 20.1. The first-order chi connectivity index (χ1) is 12.6. The number of guanidine groups is 1. The van der Waals surface area contributed by atoms with Crippen molar-refractivity contribution in [3.8, 4) is 0 Å². The maximum absolute atomic E-state index is 12.6. The highest BCUT2D eigenvalue weighted by molar-refractivity contribution is 14.0. The van der Waals surface area contributed by atoms with Crippen LogP contribution in [0.4, 0.5) is 0 Å². The Hall–Kier alpha value is -0.580. The number of hydrogen-bond donors (Lipinski definition) is 2. The lowest BCUT2D eigenvalue weighted by atomic mass is 9.90. The summed E-state index contributed by atoms with van der Waals surface area (Å²) in [6.45, 7) is 6.28. The van der Waals surface area contributed by atoms with Gasteiger partial charge in [0, 0.05) is 44.9 Å². The van der Waals surface area contributed by atoms with Gasteiger partial charge in [-0.3, -0.25) is 9.79 Å². The molecule has 0 radical (unpaired) electrons. The molecule has 2 fully saturated rings. The number of amides is 1. The van der Waals surface area contributed by atoms with E-state index in [1.54, 1.807) is 7.05 Å². The van der Waals surface area contributed by atoms with Crippen LogP contribution in [0.2, 0.25) is 0 Å². The summed E-state index contributed by atoms with van der Waals surface area (Å²) in [5.41, 5.74) is -0.152. The molecule has 0 spiro atoms. The zero-order valence-electron chi connectivity index (χ0n) is 17.7. The van der Waals surface area contributed by atoms with Crippen molar-refractivity contribution < 1.29 is 13.2 Å². The van der Waals surface area contributed by atoms with Crippen LogP contribution in [0.1, 0.15) is 52.4 Å². The van der Waals surface area contributed by atoms with E-state index in [2.05, 4.69) is 29.5 Å². The van der Waals surface area contributed by atoms with Crippen molar-refractivity contribution in [1.82, 2.24) is 15.5 Å². The van der Waals surface area contributed by atoms with Crippen molar-refractivity contribution in [2.75, 3.05) is 38.7 Å². The van der Waals surface area contributed by atoms with Gasteiger partial charge in [-0.25, -0.2) is 8.42 Å². The van der Waals surface area contributed by atoms with E-state index < -0.39 is 9.84 Å². The van der Waals surface area contributed by atoms with Crippen LogP contribution in [0.25, 0.3) is 0 Å². The summed E-state index contributed by atoms with van der Waals surface area (Å²) in [5, 5.41) is 6.73. The molecule has 1 saturated heterocycles. The fourth-order valence-electron chi connectivity index (χ4n) is 3.77. The number of aliphatic imine (C=N–C) groups is 1. The molecule has 0 aromatic heterocycles. The first kappa shape index (κ1) is 25.5. The quantitative estimate of drug-likeness (QED) is 0.300. The van der Waals surface area contributed by atoms with Gasteiger partial charge in [0.05, 0.1) is 5.75 Å². The molecule has 0 aromatic rings. The average molecular weight is 529 g/mol. The molecule has 2 rings (SSSR count). The second-order valence-electron chi connectivity index (χ2n) is 8.87. The molecule has 164 valence electrons. The van der Waals surface area contributed by atoms with Crippen LogP contribution in [0.15, 0.2) is 4.99 Å². The van der Waals surface area contributed by atoms with Gasteiger partial charge in [-0.05, 0) is 31.1 Å². The number of nitrogens with one attached hydrogen (secondary N) is 2. The van der Waals surface area contributed by atoms with Crippen LogP contribution < -0.4 is 10.6 Å². The maximum Gasteiger partial charge on any atom is 0.225 e. The topological polar surface area (TPSA) is 90.9 Å². The van der Waals surface area contributed by atoms with Crippen molar-refractivity contribution >= 4 is 45.7 Å². The summed E-state index contributed by atoms with van der Waals surface area (Å²) in [6, 6.07) is 0.209. The van der Waals surface area contributed by atoms with Gasteiger partial charge >= 0.3 is 0 Å². The van der Waals surface area contributed by atoms with Crippen LogP contribution in [-0.2, 0) is 14.6 Å². The fourth-order valence-corrected chi connectivity index (χ4v) is 4.69.